The monoisotopic (exact) mass is 372 g/mol. The van der Waals surface area contributed by atoms with Crippen LogP contribution in [-0.2, 0) is 9.47 Å². The molecule has 9 atom stereocenters. The van der Waals surface area contributed by atoms with E-state index in [4.69, 9.17) is 9.47 Å². The molecule has 0 radical (unpaired) electrons. The first kappa shape index (κ1) is 18.7. The molecule has 0 aromatic rings. The summed E-state index contributed by atoms with van der Waals surface area (Å²) in [4.78, 5) is 0. The van der Waals surface area contributed by atoms with E-state index in [1.165, 1.54) is 77.0 Å². The first-order chi connectivity index (χ1) is 13.3. The number of allylic oxidation sites excluding steroid dienone is 2. The maximum atomic E-state index is 5.74. The van der Waals surface area contributed by atoms with E-state index >= 15 is 0 Å². The Kier molecular flexibility index (Phi) is 5.41. The minimum atomic E-state index is 0.534. The maximum Gasteiger partial charge on any atom is 0.0574 e. The Balaban J connectivity index is 1.31. The van der Waals surface area contributed by atoms with Gasteiger partial charge in [-0.15, -0.1) is 0 Å². The zero-order valence-corrected chi connectivity index (χ0v) is 17.6. The fraction of sp³-hybridized carbons (Fsp3) is 0.920. The smallest absolute Gasteiger partial charge is 0.0574 e. The van der Waals surface area contributed by atoms with Crippen LogP contribution in [0.4, 0.5) is 0 Å². The van der Waals surface area contributed by atoms with E-state index in [2.05, 4.69) is 6.08 Å². The second-order valence-electron chi connectivity index (χ2n) is 10.6. The predicted molar refractivity (Wildman–Crippen MR) is 110 cm³/mol. The van der Waals surface area contributed by atoms with Crippen LogP contribution < -0.4 is 0 Å². The van der Waals surface area contributed by atoms with E-state index in [0.717, 1.165) is 41.4 Å². The van der Waals surface area contributed by atoms with Crippen LogP contribution in [0.15, 0.2) is 11.6 Å². The molecule has 152 valence electrons. The van der Waals surface area contributed by atoms with Gasteiger partial charge < -0.3 is 9.47 Å². The highest BCUT2D eigenvalue weighted by Crippen LogP contribution is 2.56. The Morgan fingerprint density at radius 1 is 0.667 bits per heavy atom. The van der Waals surface area contributed by atoms with Crippen molar-refractivity contribution >= 4 is 0 Å². The van der Waals surface area contributed by atoms with Gasteiger partial charge in [-0.1, -0.05) is 11.6 Å². The van der Waals surface area contributed by atoms with Crippen molar-refractivity contribution in [2.75, 3.05) is 14.2 Å². The van der Waals surface area contributed by atoms with Gasteiger partial charge in [-0.05, 0) is 118 Å². The third-order valence-corrected chi connectivity index (χ3v) is 9.70. The topological polar surface area (TPSA) is 18.5 Å². The maximum absolute atomic E-state index is 5.74. The summed E-state index contributed by atoms with van der Waals surface area (Å²) in [5.41, 5.74) is 1.89. The molecular weight excluding hydrogens is 332 g/mol. The van der Waals surface area contributed by atoms with Crippen molar-refractivity contribution in [3.8, 4) is 0 Å². The lowest BCUT2D eigenvalue weighted by molar-refractivity contribution is -0.0227. The molecule has 5 aliphatic carbocycles. The molecular formula is C25H40O2. The van der Waals surface area contributed by atoms with Crippen molar-refractivity contribution in [3.05, 3.63) is 11.6 Å². The number of hydrogen-bond acceptors (Lipinski definition) is 2. The van der Waals surface area contributed by atoms with Crippen molar-refractivity contribution in [3.63, 3.8) is 0 Å². The van der Waals surface area contributed by atoms with Gasteiger partial charge in [-0.3, -0.25) is 0 Å². The summed E-state index contributed by atoms with van der Waals surface area (Å²) in [5.74, 6) is 6.77. The van der Waals surface area contributed by atoms with E-state index < -0.39 is 0 Å². The highest BCUT2D eigenvalue weighted by atomic mass is 16.5. The molecule has 2 heteroatoms. The molecule has 27 heavy (non-hydrogen) atoms. The molecule has 0 aromatic heterocycles. The number of ether oxygens (including phenoxy) is 2. The molecule has 0 aliphatic heterocycles. The number of fused-ring (bicyclic) bond motifs is 6. The minimum absolute atomic E-state index is 0.534. The van der Waals surface area contributed by atoms with E-state index in [1.54, 1.807) is 0 Å². The molecule has 0 amide bonds. The third-order valence-electron chi connectivity index (χ3n) is 9.70. The minimum Gasteiger partial charge on any atom is -0.381 e. The normalized spacial score (nSPS) is 49.7. The highest BCUT2D eigenvalue weighted by molar-refractivity contribution is 5.18. The largest absolute Gasteiger partial charge is 0.381 e. The molecule has 0 saturated heterocycles. The first-order valence-electron chi connectivity index (χ1n) is 12.0. The number of rotatable bonds is 2. The molecule has 0 spiro atoms. The Morgan fingerprint density at radius 2 is 1.30 bits per heavy atom. The summed E-state index contributed by atoms with van der Waals surface area (Å²) in [6, 6.07) is 0. The average molecular weight is 373 g/mol. The summed E-state index contributed by atoms with van der Waals surface area (Å²) in [7, 11) is 3.84. The Morgan fingerprint density at radius 3 is 2.07 bits per heavy atom. The Hall–Kier alpha value is -0.340. The van der Waals surface area contributed by atoms with Gasteiger partial charge in [0.25, 0.3) is 0 Å². The summed E-state index contributed by atoms with van der Waals surface area (Å²) >= 11 is 0. The van der Waals surface area contributed by atoms with Crippen LogP contribution in [0, 0.1) is 41.4 Å². The van der Waals surface area contributed by atoms with Gasteiger partial charge in [-0.2, -0.15) is 0 Å². The van der Waals surface area contributed by atoms with Gasteiger partial charge in [0, 0.05) is 14.2 Å². The summed E-state index contributed by atoms with van der Waals surface area (Å²) in [6.07, 6.45) is 20.7. The molecule has 4 saturated carbocycles. The van der Waals surface area contributed by atoms with Gasteiger partial charge in [0.2, 0.25) is 0 Å². The molecule has 0 heterocycles. The van der Waals surface area contributed by atoms with E-state index in [0.29, 0.717) is 12.2 Å². The van der Waals surface area contributed by atoms with Crippen LogP contribution in [0.5, 0.6) is 0 Å². The molecule has 5 aliphatic rings. The lowest BCUT2D eigenvalue weighted by Gasteiger charge is -2.47. The van der Waals surface area contributed by atoms with E-state index in [1.807, 2.05) is 19.8 Å². The fourth-order valence-corrected chi connectivity index (χ4v) is 8.35. The molecule has 2 nitrogen and oxygen atoms in total. The summed E-state index contributed by atoms with van der Waals surface area (Å²) < 4.78 is 11.5. The van der Waals surface area contributed by atoms with Crippen molar-refractivity contribution in [1.82, 2.24) is 0 Å². The van der Waals surface area contributed by atoms with Gasteiger partial charge >= 0.3 is 0 Å². The fourth-order valence-electron chi connectivity index (χ4n) is 8.35. The number of hydrogen-bond donors (Lipinski definition) is 0. The van der Waals surface area contributed by atoms with Crippen molar-refractivity contribution < 1.29 is 9.47 Å². The predicted octanol–water partition coefficient (Wildman–Crippen LogP) is 6.01. The standard InChI is InChI=1S/C25H40O2/c1-26-20-7-9-22-18(14-20)5-3-16-13-17-4-6-19-15-21(27-2)8-10-23(19)25(17)12-11-24(16)22/h3,17-25H,4-15H2,1-2H3. The first-order valence-corrected chi connectivity index (χ1v) is 12.0. The van der Waals surface area contributed by atoms with Crippen LogP contribution in [-0.4, -0.2) is 26.4 Å². The zero-order valence-electron chi connectivity index (χ0n) is 17.6. The molecule has 4 fully saturated rings. The SMILES string of the molecule is COC1CCC2C(CC=C3CC4CCC5CC(OC)CCC5C4CCC32)C1. The molecule has 0 aromatic carbocycles. The van der Waals surface area contributed by atoms with Crippen molar-refractivity contribution in [1.29, 1.82) is 0 Å². The van der Waals surface area contributed by atoms with Gasteiger partial charge in [0.1, 0.15) is 0 Å². The quantitative estimate of drug-likeness (QED) is 0.553. The van der Waals surface area contributed by atoms with Crippen LogP contribution in [0.1, 0.15) is 77.0 Å². The molecule has 5 rings (SSSR count). The average Bonchev–Trinajstić information content (AvgIpc) is 2.92. The second kappa shape index (κ2) is 7.82. The Bertz CT molecular complexity index is 555. The third kappa shape index (κ3) is 3.44. The van der Waals surface area contributed by atoms with Gasteiger partial charge in [0.05, 0.1) is 12.2 Å². The van der Waals surface area contributed by atoms with E-state index in [9.17, 15) is 0 Å². The van der Waals surface area contributed by atoms with Gasteiger partial charge in [-0.25, -0.2) is 0 Å². The molecule has 9 unspecified atom stereocenters. The lowest BCUT2D eigenvalue weighted by atomic mass is 9.59. The summed E-state index contributed by atoms with van der Waals surface area (Å²) in [5, 5.41) is 0. The lowest BCUT2D eigenvalue weighted by Crippen LogP contribution is -2.40. The Labute approximate surface area is 166 Å². The molecule has 0 N–H and O–H groups in total. The van der Waals surface area contributed by atoms with Gasteiger partial charge in [0.15, 0.2) is 0 Å². The van der Waals surface area contributed by atoms with Crippen LogP contribution >= 0.6 is 0 Å². The zero-order chi connectivity index (χ0) is 18.4. The highest BCUT2D eigenvalue weighted by Gasteiger charge is 2.47. The van der Waals surface area contributed by atoms with Crippen LogP contribution in [0.2, 0.25) is 0 Å². The van der Waals surface area contributed by atoms with Crippen molar-refractivity contribution in [2.24, 2.45) is 41.4 Å². The van der Waals surface area contributed by atoms with Crippen LogP contribution in [0.25, 0.3) is 0 Å². The second-order valence-corrected chi connectivity index (χ2v) is 10.6. The summed E-state index contributed by atoms with van der Waals surface area (Å²) in [6.45, 7) is 0. The van der Waals surface area contributed by atoms with Crippen LogP contribution in [0.3, 0.4) is 0 Å². The number of methoxy groups -OCH3 is 2. The molecule has 0 bridgehead atoms. The van der Waals surface area contributed by atoms with E-state index in [-0.39, 0.29) is 0 Å². The van der Waals surface area contributed by atoms with Crippen molar-refractivity contribution in [2.45, 2.75) is 89.3 Å².